The molecule has 0 fully saturated rings. The lowest BCUT2D eigenvalue weighted by molar-refractivity contribution is -0.144. The molecule has 0 aromatic heterocycles. The third-order valence-corrected chi connectivity index (χ3v) is 3.05. The zero-order chi connectivity index (χ0) is 16.0. The maximum Gasteiger partial charge on any atom is 0.346 e. The average molecular weight is 294 g/mol. The number of Topliss-reactive ketones (excluding diaryl/α,β-unsaturated/α-hetero) is 1. The fourth-order valence-electron chi connectivity index (χ4n) is 2.11. The van der Waals surface area contributed by atoms with Crippen molar-refractivity contribution in [3.63, 3.8) is 0 Å². The number of carbonyl (C=O) groups excluding carboxylic acids is 2. The normalized spacial score (nSPS) is 24.0. The highest BCUT2D eigenvalue weighted by Gasteiger charge is 2.46. The third-order valence-electron chi connectivity index (χ3n) is 3.05. The molecule has 116 valence electrons. The summed E-state index contributed by atoms with van der Waals surface area (Å²) in [6, 6.07) is 0. The van der Waals surface area contributed by atoms with E-state index in [0.29, 0.717) is 0 Å². The Balaban J connectivity index is 3.11. The van der Waals surface area contributed by atoms with E-state index in [9.17, 15) is 14.7 Å². The molecule has 0 radical (unpaired) electrons. The first-order chi connectivity index (χ1) is 9.85. The topological polar surface area (TPSA) is 72.8 Å². The van der Waals surface area contributed by atoms with Crippen molar-refractivity contribution in [2.24, 2.45) is 0 Å². The van der Waals surface area contributed by atoms with Gasteiger partial charge < -0.3 is 14.6 Å². The minimum Gasteiger partial charge on any atom is -0.495 e. The van der Waals surface area contributed by atoms with Gasteiger partial charge in [0.25, 0.3) is 0 Å². The summed E-state index contributed by atoms with van der Waals surface area (Å²) in [5.74, 6) is -1.02. The summed E-state index contributed by atoms with van der Waals surface area (Å²) in [6.45, 7) is 5.15. The van der Waals surface area contributed by atoms with Crippen LogP contribution in [0.15, 0.2) is 35.6 Å². The molecule has 1 rings (SSSR count). The maximum atomic E-state index is 12.1. The van der Waals surface area contributed by atoms with E-state index in [4.69, 9.17) is 9.47 Å². The van der Waals surface area contributed by atoms with Crippen LogP contribution in [0.4, 0.5) is 0 Å². The van der Waals surface area contributed by atoms with Gasteiger partial charge in [-0.25, -0.2) is 4.79 Å². The number of hydrogen-bond acceptors (Lipinski definition) is 5. The Labute approximate surface area is 124 Å². The van der Waals surface area contributed by atoms with E-state index in [1.165, 1.54) is 14.0 Å². The first kappa shape index (κ1) is 17.2. The van der Waals surface area contributed by atoms with Crippen LogP contribution in [0, 0.1) is 0 Å². The number of rotatable bonds is 7. The summed E-state index contributed by atoms with van der Waals surface area (Å²) < 4.78 is 10.5. The Kier molecular flexibility index (Phi) is 5.90. The SMILES string of the molecule is CC/C=C/C=C/[C@]1(C)OC(=O)C(C(=O)C[C@H](C)O)=C1OC. The summed E-state index contributed by atoms with van der Waals surface area (Å²) in [5, 5.41) is 9.30. The number of aliphatic hydroxyl groups is 1. The quantitative estimate of drug-likeness (QED) is 0.442. The number of cyclic esters (lactones) is 1. The zero-order valence-corrected chi connectivity index (χ0v) is 12.9. The van der Waals surface area contributed by atoms with Crippen LogP contribution < -0.4 is 0 Å². The fraction of sp³-hybridized carbons (Fsp3) is 0.500. The number of aliphatic hydroxyl groups excluding tert-OH is 1. The molecular formula is C16H22O5. The Bertz CT molecular complexity index is 499. The van der Waals surface area contributed by atoms with E-state index in [-0.39, 0.29) is 17.8 Å². The van der Waals surface area contributed by atoms with Gasteiger partial charge in [0, 0.05) is 6.42 Å². The second-order valence-corrected chi connectivity index (χ2v) is 5.08. The van der Waals surface area contributed by atoms with Crippen molar-refractivity contribution in [1.82, 2.24) is 0 Å². The van der Waals surface area contributed by atoms with Gasteiger partial charge in [0.1, 0.15) is 5.57 Å². The summed E-state index contributed by atoms with van der Waals surface area (Å²) in [5.41, 5.74) is -1.22. The molecule has 0 aliphatic carbocycles. The highest BCUT2D eigenvalue weighted by molar-refractivity contribution is 6.19. The molecule has 1 aliphatic rings. The molecule has 1 aliphatic heterocycles. The summed E-state index contributed by atoms with van der Waals surface area (Å²) in [6.07, 6.45) is 7.12. The lowest BCUT2D eigenvalue weighted by Crippen LogP contribution is -2.26. The monoisotopic (exact) mass is 294 g/mol. The number of allylic oxidation sites excluding steroid dienone is 3. The summed E-state index contributed by atoms with van der Waals surface area (Å²) >= 11 is 0. The molecule has 0 amide bonds. The first-order valence-electron chi connectivity index (χ1n) is 6.93. The fourth-order valence-corrected chi connectivity index (χ4v) is 2.11. The second kappa shape index (κ2) is 7.22. The molecule has 0 saturated carbocycles. The maximum absolute atomic E-state index is 12.1. The molecule has 2 atom stereocenters. The van der Waals surface area contributed by atoms with Gasteiger partial charge in [-0.1, -0.05) is 25.2 Å². The Morgan fingerprint density at radius 3 is 2.67 bits per heavy atom. The smallest absolute Gasteiger partial charge is 0.346 e. The van der Waals surface area contributed by atoms with Crippen molar-refractivity contribution < 1.29 is 24.2 Å². The van der Waals surface area contributed by atoms with Crippen molar-refractivity contribution in [3.8, 4) is 0 Å². The van der Waals surface area contributed by atoms with Crippen LogP contribution in [0.5, 0.6) is 0 Å². The Hall–Kier alpha value is -1.88. The minimum absolute atomic E-state index is 0.120. The molecule has 0 unspecified atom stereocenters. The van der Waals surface area contributed by atoms with Gasteiger partial charge >= 0.3 is 5.97 Å². The van der Waals surface area contributed by atoms with Gasteiger partial charge in [0.2, 0.25) is 0 Å². The number of hydrogen-bond donors (Lipinski definition) is 1. The van der Waals surface area contributed by atoms with Crippen LogP contribution in [-0.4, -0.2) is 35.7 Å². The molecule has 5 heteroatoms. The van der Waals surface area contributed by atoms with E-state index < -0.39 is 23.5 Å². The zero-order valence-electron chi connectivity index (χ0n) is 12.9. The highest BCUT2D eigenvalue weighted by Crippen LogP contribution is 2.35. The van der Waals surface area contributed by atoms with Crippen molar-refractivity contribution in [2.75, 3.05) is 7.11 Å². The molecule has 0 aromatic rings. The Morgan fingerprint density at radius 2 is 2.14 bits per heavy atom. The first-order valence-corrected chi connectivity index (χ1v) is 6.93. The average Bonchev–Trinajstić information content (AvgIpc) is 2.64. The lowest BCUT2D eigenvalue weighted by Gasteiger charge is -2.21. The molecule has 0 bridgehead atoms. The molecule has 0 spiro atoms. The van der Waals surface area contributed by atoms with Crippen LogP contribution in [0.3, 0.4) is 0 Å². The number of carbonyl (C=O) groups is 2. The summed E-state index contributed by atoms with van der Waals surface area (Å²) in [7, 11) is 1.39. The predicted molar refractivity (Wildman–Crippen MR) is 78.4 cm³/mol. The second-order valence-electron chi connectivity index (χ2n) is 5.08. The highest BCUT2D eigenvalue weighted by atomic mass is 16.6. The molecule has 1 N–H and O–H groups in total. The van der Waals surface area contributed by atoms with E-state index in [0.717, 1.165) is 6.42 Å². The number of methoxy groups -OCH3 is 1. The molecule has 1 heterocycles. The molecule has 21 heavy (non-hydrogen) atoms. The van der Waals surface area contributed by atoms with E-state index >= 15 is 0 Å². The van der Waals surface area contributed by atoms with E-state index in [1.807, 2.05) is 19.1 Å². The largest absolute Gasteiger partial charge is 0.495 e. The van der Waals surface area contributed by atoms with Gasteiger partial charge in [-0.3, -0.25) is 4.79 Å². The van der Waals surface area contributed by atoms with Crippen LogP contribution in [0.2, 0.25) is 0 Å². The number of ether oxygens (including phenoxy) is 2. The van der Waals surface area contributed by atoms with Crippen LogP contribution in [0.25, 0.3) is 0 Å². The Morgan fingerprint density at radius 1 is 1.48 bits per heavy atom. The molecular weight excluding hydrogens is 272 g/mol. The third kappa shape index (κ3) is 4.04. The lowest BCUT2D eigenvalue weighted by atomic mass is 9.98. The molecule has 0 saturated heterocycles. The van der Waals surface area contributed by atoms with Gasteiger partial charge in [-0.2, -0.15) is 0 Å². The molecule has 5 nitrogen and oxygen atoms in total. The van der Waals surface area contributed by atoms with Gasteiger partial charge in [0.05, 0.1) is 13.2 Å². The van der Waals surface area contributed by atoms with Crippen LogP contribution in [0.1, 0.15) is 33.6 Å². The van der Waals surface area contributed by atoms with Crippen LogP contribution in [-0.2, 0) is 19.1 Å². The van der Waals surface area contributed by atoms with Gasteiger partial charge in [-0.15, -0.1) is 0 Å². The van der Waals surface area contributed by atoms with E-state index in [2.05, 4.69) is 0 Å². The number of esters is 1. The standard InChI is InChI=1S/C16H22O5/c1-5-6-7-8-9-16(3)14(20-4)13(15(19)21-16)12(18)10-11(2)17/h6-9,11,17H,5,10H2,1-4H3/b7-6+,9-8+/t11-,16-/m0/s1. The summed E-state index contributed by atoms with van der Waals surface area (Å²) in [4.78, 5) is 24.0. The number of ketones is 1. The van der Waals surface area contributed by atoms with Crippen molar-refractivity contribution in [1.29, 1.82) is 0 Å². The predicted octanol–water partition coefficient (Wildman–Crippen LogP) is 2.06. The van der Waals surface area contributed by atoms with Crippen molar-refractivity contribution >= 4 is 11.8 Å². The van der Waals surface area contributed by atoms with Crippen molar-refractivity contribution in [3.05, 3.63) is 35.6 Å². The minimum atomic E-state index is -1.10. The van der Waals surface area contributed by atoms with Gasteiger partial charge in [0.15, 0.2) is 17.1 Å². The van der Waals surface area contributed by atoms with Crippen molar-refractivity contribution in [2.45, 2.75) is 45.3 Å². The van der Waals surface area contributed by atoms with Gasteiger partial charge in [-0.05, 0) is 26.3 Å². The van der Waals surface area contributed by atoms with E-state index in [1.54, 1.807) is 19.1 Å². The molecule has 0 aromatic carbocycles. The van der Waals surface area contributed by atoms with Crippen LogP contribution >= 0.6 is 0 Å².